The standard InChI is InChI=1S/C16H16ClF3N2S2/c17-14-6-5-13(23-14)15(22-9-7-21-8-10-22)11-1-3-12(4-2-11)24-16(18,19)20/h1-6,15,21H,7-10H2/t15-/m1/s1. The van der Waals surface area contributed by atoms with Gasteiger partial charge in [-0.15, -0.1) is 11.3 Å². The fraction of sp³-hybridized carbons (Fsp3) is 0.375. The minimum atomic E-state index is -4.26. The monoisotopic (exact) mass is 392 g/mol. The molecule has 1 aromatic heterocycles. The molecule has 1 aromatic carbocycles. The average molecular weight is 393 g/mol. The second-order valence-electron chi connectivity index (χ2n) is 5.45. The molecule has 8 heteroatoms. The van der Waals surface area contributed by atoms with Gasteiger partial charge >= 0.3 is 5.51 Å². The van der Waals surface area contributed by atoms with Gasteiger partial charge in [0.15, 0.2) is 0 Å². The molecule has 0 radical (unpaired) electrons. The topological polar surface area (TPSA) is 15.3 Å². The van der Waals surface area contributed by atoms with E-state index in [1.807, 2.05) is 12.1 Å². The maximum absolute atomic E-state index is 12.5. The van der Waals surface area contributed by atoms with E-state index < -0.39 is 5.51 Å². The molecular weight excluding hydrogens is 377 g/mol. The maximum Gasteiger partial charge on any atom is 0.446 e. The SMILES string of the molecule is FC(F)(F)Sc1ccc([C@H](c2ccc(Cl)s2)N2CCNCC2)cc1. The number of hydrogen-bond donors (Lipinski definition) is 1. The first-order valence-corrected chi connectivity index (χ1v) is 9.49. The number of nitrogens with zero attached hydrogens (tertiary/aromatic N) is 1. The molecule has 1 saturated heterocycles. The van der Waals surface area contributed by atoms with Gasteiger partial charge < -0.3 is 5.32 Å². The van der Waals surface area contributed by atoms with E-state index in [4.69, 9.17) is 11.6 Å². The molecule has 0 spiro atoms. The number of alkyl halides is 3. The van der Waals surface area contributed by atoms with Gasteiger partial charge in [0.25, 0.3) is 0 Å². The first-order chi connectivity index (χ1) is 11.4. The van der Waals surface area contributed by atoms with Gasteiger partial charge in [-0.3, -0.25) is 4.90 Å². The van der Waals surface area contributed by atoms with Crippen molar-refractivity contribution in [3.8, 4) is 0 Å². The second kappa shape index (κ2) is 7.66. The van der Waals surface area contributed by atoms with Gasteiger partial charge in [-0.1, -0.05) is 23.7 Å². The van der Waals surface area contributed by atoms with Crippen LogP contribution in [0.15, 0.2) is 41.3 Å². The van der Waals surface area contributed by atoms with Crippen LogP contribution in [0.3, 0.4) is 0 Å². The Bertz CT molecular complexity index is 667. The number of thioether (sulfide) groups is 1. The van der Waals surface area contributed by atoms with Crippen molar-refractivity contribution in [2.24, 2.45) is 0 Å². The Morgan fingerprint density at radius 1 is 1.08 bits per heavy atom. The molecule has 0 aliphatic carbocycles. The van der Waals surface area contributed by atoms with Crippen LogP contribution < -0.4 is 5.32 Å². The summed E-state index contributed by atoms with van der Waals surface area (Å²) in [5.74, 6) is 0. The van der Waals surface area contributed by atoms with Crippen LogP contribution in [0, 0.1) is 0 Å². The van der Waals surface area contributed by atoms with Crippen LogP contribution in [0.4, 0.5) is 13.2 Å². The number of piperazine rings is 1. The summed E-state index contributed by atoms with van der Waals surface area (Å²) < 4.78 is 38.2. The molecule has 130 valence electrons. The van der Waals surface area contributed by atoms with Crippen LogP contribution in [0.25, 0.3) is 0 Å². The number of rotatable bonds is 4. The third-order valence-electron chi connectivity index (χ3n) is 3.81. The molecule has 0 saturated carbocycles. The summed E-state index contributed by atoms with van der Waals surface area (Å²) >= 11 is 7.52. The Morgan fingerprint density at radius 2 is 1.75 bits per heavy atom. The van der Waals surface area contributed by atoms with Gasteiger partial charge in [0, 0.05) is 36.0 Å². The van der Waals surface area contributed by atoms with Crippen molar-refractivity contribution < 1.29 is 13.2 Å². The molecule has 2 nitrogen and oxygen atoms in total. The zero-order chi connectivity index (χ0) is 17.2. The number of benzene rings is 1. The Hall–Kier alpha value is -0.730. The van der Waals surface area contributed by atoms with E-state index >= 15 is 0 Å². The number of halogens is 4. The smallest absolute Gasteiger partial charge is 0.314 e. The van der Waals surface area contributed by atoms with Crippen molar-refractivity contribution in [3.63, 3.8) is 0 Å². The van der Waals surface area contributed by atoms with Gasteiger partial charge in [-0.05, 0) is 41.6 Å². The van der Waals surface area contributed by atoms with E-state index in [1.165, 1.54) is 23.5 Å². The number of hydrogen-bond acceptors (Lipinski definition) is 4. The molecule has 1 aliphatic rings. The molecule has 1 fully saturated rings. The van der Waals surface area contributed by atoms with E-state index in [9.17, 15) is 13.2 Å². The Balaban J connectivity index is 1.87. The molecule has 1 aliphatic heterocycles. The van der Waals surface area contributed by atoms with Crippen LogP contribution in [-0.4, -0.2) is 36.6 Å². The first kappa shape index (κ1) is 18.1. The lowest BCUT2D eigenvalue weighted by Gasteiger charge is -2.34. The molecule has 2 aromatic rings. The molecule has 1 N–H and O–H groups in total. The molecule has 2 heterocycles. The molecule has 0 amide bonds. The lowest BCUT2D eigenvalue weighted by Crippen LogP contribution is -2.45. The first-order valence-electron chi connectivity index (χ1n) is 7.48. The van der Waals surface area contributed by atoms with Gasteiger partial charge in [-0.2, -0.15) is 13.2 Å². The van der Waals surface area contributed by atoms with Gasteiger partial charge in [0.1, 0.15) is 0 Å². The average Bonchev–Trinajstić information content (AvgIpc) is 2.95. The summed E-state index contributed by atoms with van der Waals surface area (Å²) in [6.45, 7) is 3.58. The van der Waals surface area contributed by atoms with Crippen LogP contribution in [-0.2, 0) is 0 Å². The molecule has 0 unspecified atom stereocenters. The third kappa shape index (κ3) is 4.67. The van der Waals surface area contributed by atoms with Crippen molar-refractivity contribution in [1.82, 2.24) is 10.2 Å². The van der Waals surface area contributed by atoms with E-state index in [1.54, 1.807) is 12.1 Å². The van der Waals surface area contributed by atoms with Crippen LogP contribution in [0.2, 0.25) is 4.34 Å². The highest BCUT2D eigenvalue weighted by atomic mass is 35.5. The van der Waals surface area contributed by atoms with Crippen molar-refractivity contribution >= 4 is 34.7 Å². The van der Waals surface area contributed by atoms with E-state index in [0.717, 1.165) is 41.0 Å². The van der Waals surface area contributed by atoms with Crippen molar-refractivity contribution in [3.05, 3.63) is 51.2 Å². The Kier molecular flexibility index (Phi) is 5.77. The predicted octanol–water partition coefficient (Wildman–Crippen LogP) is 5.01. The zero-order valence-electron chi connectivity index (χ0n) is 12.6. The summed E-state index contributed by atoms with van der Waals surface area (Å²) in [6.07, 6.45) is 0. The summed E-state index contributed by atoms with van der Waals surface area (Å²) in [4.78, 5) is 3.65. The van der Waals surface area contributed by atoms with Gasteiger partial charge in [-0.25, -0.2) is 0 Å². The molecule has 3 rings (SSSR count). The molecule has 0 bridgehead atoms. The van der Waals surface area contributed by atoms with Gasteiger partial charge in [0.2, 0.25) is 0 Å². The minimum Gasteiger partial charge on any atom is -0.314 e. The van der Waals surface area contributed by atoms with E-state index in [-0.39, 0.29) is 22.7 Å². The highest BCUT2D eigenvalue weighted by Gasteiger charge is 2.30. The van der Waals surface area contributed by atoms with Crippen LogP contribution in [0.5, 0.6) is 0 Å². The molecular formula is C16H16ClF3N2S2. The fourth-order valence-electron chi connectivity index (χ4n) is 2.82. The lowest BCUT2D eigenvalue weighted by atomic mass is 10.0. The quantitative estimate of drug-likeness (QED) is 0.736. The van der Waals surface area contributed by atoms with Crippen molar-refractivity contribution in [2.75, 3.05) is 26.2 Å². The Labute approximate surface area is 152 Å². The van der Waals surface area contributed by atoms with Crippen LogP contribution >= 0.6 is 34.7 Å². The summed E-state index contributed by atoms with van der Waals surface area (Å²) in [5.41, 5.74) is -3.28. The number of nitrogens with one attached hydrogen (secondary N) is 1. The second-order valence-corrected chi connectivity index (χ2v) is 8.33. The van der Waals surface area contributed by atoms with Gasteiger partial charge in [0.05, 0.1) is 10.4 Å². The molecule has 24 heavy (non-hydrogen) atoms. The Morgan fingerprint density at radius 3 is 2.29 bits per heavy atom. The van der Waals surface area contributed by atoms with Crippen LogP contribution in [0.1, 0.15) is 16.5 Å². The maximum atomic E-state index is 12.5. The molecule has 1 atom stereocenters. The summed E-state index contributed by atoms with van der Waals surface area (Å²) in [5, 5.41) is 3.32. The zero-order valence-corrected chi connectivity index (χ0v) is 15.0. The van der Waals surface area contributed by atoms with E-state index in [2.05, 4.69) is 10.2 Å². The summed E-state index contributed by atoms with van der Waals surface area (Å²) in [6, 6.07) is 10.5. The van der Waals surface area contributed by atoms with Crippen molar-refractivity contribution in [2.45, 2.75) is 16.4 Å². The lowest BCUT2D eigenvalue weighted by molar-refractivity contribution is -0.0328. The van der Waals surface area contributed by atoms with E-state index in [0.29, 0.717) is 0 Å². The normalized spacial score (nSPS) is 17.8. The third-order valence-corrected chi connectivity index (χ3v) is 5.83. The predicted molar refractivity (Wildman–Crippen MR) is 94.0 cm³/mol. The summed E-state index contributed by atoms with van der Waals surface area (Å²) in [7, 11) is 0. The van der Waals surface area contributed by atoms with Crippen molar-refractivity contribution in [1.29, 1.82) is 0 Å². The minimum absolute atomic E-state index is 0.0227. The highest BCUT2D eigenvalue weighted by molar-refractivity contribution is 8.00. The largest absolute Gasteiger partial charge is 0.446 e. The fourth-order valence-corrected chi connectivity index (χ4v) is 4.59. The number of thiophene rings is 1. The highest BCUT2D eigenvalue weighted by Crippen LogP contribution is 2.39.